The van der Waals surface area contributed by atoms with E-state index in [9.17, 15) is 14.4 Å². The van der Waals surface area contributed by atoms with Crippen molar-refractivity contribution in [3.63, 3.8) is 0 Å². The van der Waals surface area contributed by atoms with Crippen molar-refractivity contribution >= 4 is 17.7 Å². The monoisotopic (exact) mass is 332 g/mol. The van der Waals surface area contributed by atoms with Crippen molar-refractivity contribution in [1.82, 2.24) is 10.4 Å². The number of nitrogens with one attached hydrogen (secondary N) is 1. The van der Waals surface area contributed by atoms with Gasteiger partial charge in [-0.3, -0.25) is 14.4 Å². The lowest BCUT2D eigenvalue weighted by Crippen LogP contribution is -2.44. The van der Waals surface area contributed by atoms with Gasteiger partial charge in [-0.1, -0.05) is 39.8 Å². The fourth-order valence-electron chi connectivity index (χ4n) is 2.43. The summed E-state index contributed by atoms with van der Waals surface area (Å²) in [5.41, 5.74) is 0.599. The number of nitrogens with zero attached hydrogens (tertiary/aromatic N) is 1. The van der Waals surface area contributed by atoms with E-state index < -0.39 is 17.9 Å². The molecule has 0 aliphatic carbocycles. The van der Waals surface area contributed by atoms with Crippen molar-refractivity contribution in [3.8, 4) is 0 Å². The van der Waals surface area contributed by atoms with Gasteiger partial charge in [0.25, 0.3) is 17.7 Å². The Bertz CT molecular complexity index is 605. The highest BCUT2D eigenvalue weighted by Crippen LogP contribution is 2.24. The third kappa shape index (κ3) is 4.00. The predicted molar refractivity (Wildman–Crippen MR) is 89.1 cm³/mol. The average Bonchev–Trinajstić information content (AvgIpc) is 2.77. The highest BCUT2D eigenvalue weighted by atomic mass is 16.7. The summed E-state index contributed by atoms with van der Waals surface area (Å²) in [7, 11) is 0. The van der Waals surface area contributed by atoms with Gasteiger partial charge in [0, 0.05) is 6.54 Å². The molecule has 0 bridgehead atoms. The van der Waals surface area contributed by atoms with Crippen LogP contribution in [-0.2, 0) is 9.63 Å². The molecule has 130 valence electrons. The second-order valence-electron chi connectivity index (χ2n) is 6.81. The number of fused-ring (bicyclic) bond motifs is 1. The number of hydrogen-bond donors (Lipinski definition) is 1. The molecule has 0 unspecified atom stereocenters. The molecular weight excluding hydrogens is 308 g/mol. The summed E-state index contributed by atoms with van der Waals surface area (Å²) in [6.07, 6.45) is -0.469. The number of rotatable bonds is 7. The topological polar surface area (TPSA) is 75.7 Å². The molecule has 6 nitrogen and oxygen atoms in total. The van der Waals surface area contributed by atoms with Gasteiger partial charge in [0.2, 0.25) is 0 Å². The average molecular weight is 332 g/mol. The zero-order chi connectivity index (χ0) is 17.9. The summed E-state index contributed by atoms with van der Waals surface area (Å²) >= 11 is 0. The Morgan fingerprint density at radius 2 is 1.58 bits per heavy atom. The second-order valence-corrected chi connectivity index (χ2v) is 6.81. The fraction of sp³-hybridized carbons (Fsp3) is 0.500. The minimum absolute atomic E-state index is 0.176. The molecule has 0 spiro atoms. The Kier molecular flexibility index (Phi) is 5.72. The molecule has 6 heteroatoms. The Hall–Kier alpha value is -2.21. The van der Waals surface area contributed by atoms with Crippen LogP contribution >= 0.6 is 0 Å². The first-order valence-corrected chi connectivity index (χ1v) is 8.23. The maximum absolute atomic E-state index is 12.4. The number of benzene rings is 1. The first-order valence-electron chi connectivity index (χ1n) is 8.23. The quantitative estimate of drug-likeness (QED) is 0.778. The first-order chi connectivity index (χ1) is 11.3. The molecule has 1 atom stereocenters. The highest BCUT2D eigenvalue weighted by molar-refractivity contribution is 6.20. The lowest BCUT2D eigenvalue weighted by molar-refractivity contribution is -0.162. The largest absolute Gasteiger partial charge is 0.354 e. The van der Waals surface area contributed by atoms with Crippen LogP contribution in [0.4, 0.5) is 0 Å². The summed E-state index contributed by atoms with van der Waals surface area (Å²) in [5, 5.41) is 3.51. The van der Waals surface area contributed by atoms with Gasteiger partial charge in [-0.2, -0.15) is 0 Å². The molecule has 0 saturated heterocycles. The van der Waals surface area contributed by atoms with Crippen LogP contribution in [0.3, 0.4) is 0 Å². The smallest absolute Gasteiger partial charge is 0.285 e. The van der Waals surface area contributed by atoms with Crippen LogP contribution in [-0.4, -0.2) is 35.4 Å². The molecule has 1 aliphatic heterocycles. The normalized spacial score (nSPS) is 15.2. The molecular formula is C18H24N2O4. The molecule has 1 aromatic rings. The zero-order valence-electron chi connectivity index (χ0n) is 14.5. The van der Waals surface area contributed by atoms with Gasteiger partial charge in [-0.15, -0.1) is 5.06 Å². The van der Waals surface area contributed by atoms with Crippen molar-refractivity contribution < 1.29 is 19.2 Å². The van der Waals surface area contributed by atoms with Crippen LogP contribution in [0.1, 0.15) is 54.8 Å². The standard InChI is InChI=1S/C18H24N2O4/c1-11(2)9-15(16(21)19-10-12(3)4)24-20-17(22)13-7-5-6-8-14(13)18(20)23/h5-8,11-12,15H,9-10H2,1-4H3,(H,19,21)/t15-/m1/s1. The van der Waals surface area contributed by atoms with E-state index in [2.05, 4.69) is 5.32 Å². The predicted octanol–water partition coefficient (Wildman–Crippen LogP) is 2.40. The number of amides is 3. The maximum Gasteiger partial charge on any atom is 0.285 e. The van der Waals surface area contributed by atoms with Crippen molar-refractivity contribution in [2.45, 2.75) is 40.2 Å². The summed E-state index contributed by atoms with van der Waals surface area (Å²) in [5.74, 6) is -0.890. The van der Waals surface area contributed by atoms with E-state index in [0.29, 0.717) is 35.1 Å². The molecule has 3 amide bonds. The molecule has 1 heterocycles. The number of hydrogen-bond acceptors (Lipinski definition) is 4. The minimum atomic E-state index is -0.883. The molecule has 24 heavy (non-hydrogen) atoms. The zero-order valence-corrected chi connectivity index (χ0v) is 14.5. The molecule has 0 saturated carbocycles. The van der Waals surface area contributed by atoms with E-state index in [0.717, 1.165) is 0 Å². The third-order valence-electron chi connectivity index (χ3n) is 3.65. The number of carbonyl (C=O) groups excluding carboxylic acids is 3. The fourth-order valence-corrected chi connectivity index (χ4v) is 2.43. The lowest BCUT2D eigenvalue weighted by atomic mass is 10.1. The van der Waals surface area contributed by atoms with E-state index in [-0.39, 0.29) is 11.8 Å². The Morgan fingerprint density at radius 1 is 1.04 bits per heavy atom. The Labute approximate surface area is 142 Å². The van der Waals surface area contributed by atoms with E-state index >= 15 is 0 Å². The highest BCUT2D eigenvalue weighted by Gasteiger charge is 2.39. The minimum Gasteiger partial charge on any atom is -0.354 e. The summed E-state index contributed by atoms with van der Waals surface area (Å²) < 4.78 is 0. The van der Waals surface area contributed by atoms with E-state index in [1.165, 1.54) is 0 Å². The number of hydroxylamine groups is 2. The summed E-state index contributed by atoms with van der Waals surface area (Å²) in [6, 6.07) is 6.54. The summed E-state index contributed by atoms with van der Waals surface area (Å²) in [6.45, 7) is 8.40. The van der Waals surface area contributed by atoms with Crippen LogP contribution in [0.15, 0.2) is 24.3 Å². The van der Waals surface area contributed by atoms with Crippen LogP contribution in [0.2, 0.25) is 0 Å². The summed E-state index contributed by atoms with van der Waals surface area (Å²) in [4.78, 5) is 42.6. The third-order valence-corrected chi connectivity index (χ3v) is 3.65. The molecule has 0 aromatic heterocycles. The molecule has 1 aliphatic rings. The van der Waals surface area contributed by atoms with Crippen molar-refractivity contribution in [2.75, 3.05) is 6.54 Å². The van der Waals surface area contributed by atoms with Gasteiger partial charge in [0.1, 0.15) is 0 Å². The molecule has 0 radical (unpaired) electrons. The van der Waals surface area contributed by atoms with Crippen molar-refractivity contribution in [2.24, 2.45) is 11.8 Å². The molecule has 0 fully saturated rings. The van der Waals surface area contributed by atoms with Gasteiger partial charge < -0.3 is 5.32 Å². The number of imide groups is 1. The second kappa shape index (κ2) is 7.57. The van der Waals surface area contributed by atoms with Crippen molar-refractivity contribution in [1.29, 1.82) is 0 Å². The van der Waals surface area contributed by atoms with Crippen LogP contribution in [0.25, 0.3) is 0 Å². The van der Waals surface area contributed by atoms with Gasteiger partial charge in [-0.05, 0) is 30.4 Å². The van der Waals surface area contributed by atoms with Gasteiger partial charge in [-0.25, -0.2) is 4.84 Å². The molecule has 2 rings (SSSR count). The Morgan fingerprint density at radius 3 is 2.04 bits per heavy atom. The van der Waals surface area contributed by atoms with Gasteiger partial charge in [0.05, 0.1) is 11.1 Å². The van der Waals surface area contributed by atoms with Gasteiger partial charge >= 0.3 is 0 Å². The van der Waals surface area contributed by atoms with Crippen molar-refractivity contribution in [3.05, 3.63) is 35.4 Å². The Balaban J connectivity index is 2.14. The molecule has 1 aromatic carbocycles. The van der Waals surface area contributed by atoms with Crippen LogP contribution in [0, 0.1) is 11.8 Å². The SMILES string of the molecule is CC(C)CNC(=O)[C@@H](CC(C)C)ON1C(=O)c2ccccc2C1=O. The van der Waals surface area contributed by atoms with Gasteiger partial charge in [0.15, 0.2) is 6.10 Å². The van der Waals surface area contributed by atoms with E-state index in [1.807, 2.05) is 27.7 Å². The van der Waals surface area contributed by atoms with E-state index in [1.54, 1.807) is 24.3 Å². The van der Waals surface area contributed by atoms with E-state index in [4.69, 9.17) is 4.84 Å². The van der Waals surface area contributed by atoms with Crippen LogP contribution in [0.5, 0.6) is 0 Å². The molecule has 1 N–H and O–H groups in total. The maximum atomic E-state index is 12.4. The first kappa shape index (κ1) is 18.1. The lowest BCUT2D eigenvalue weighted by Gasteiger charge is -2.23. The van der Waals surface area contributed by atoms with Crippen LogP contribution < -0.4 is 5.32 Å². The number of carbonyl (C=O) groups is 3.